The number of para-hydroxylation sites is 1. The van der Waals surface area contributed by atoms with Crippen LogP contribution < -0.4 is 10.6 Å². The Bertz CT molecular complexity index is 1310. The third-order valence-corrected chi connectivity index (χ3v) is 8.26. The average molecular weight is 471 g/mol. The highest BCUT2D eigenvalue weighted by Gasteiger charge is 2.50. The second kappa shape index (κ2) is 8.36. The molecule has 0 saturated carbocycles. The van der Waals surface area contributed by atoms with Crippen LogP contribution in [0.1, 0.15) is 53.8 Å². The van der Waals surface area contributed by atoms with Crippen LogP contribution in [0.2, 0.25) is 0 Å². The van der Waals surface area contributed by atoms with Crippen LogP contribution in [0.5, 0.6) is 0 Å². The number of carbonyl (C=O) groups excluding carboxylic acids is 1. The first-order valence-corrected chi connectivity index (χ1v) is 12.7. The highest BCUT2D eigenvalue weighted by Crippen LogP contribution is 2.56. The normalized spacial score (nSPS) is 23.2. The zero-order chi connectivity index (χ0) is 23.3. The lowest BCUT2D eigenvalue weighted by atomic mass is 9.66. The maximum atomic E-state index is 12.5. The molecule has 5 nitrogen and oxygen atoms in total. The quantitative estimate of drug-likeness (QED) is 0.533. The SMILES string of the molecule is CC[C@@]12C=C(CNC(=S)NC(=O)c3ccccc3)n3c4c(c5ccccc53)CCN(CCC1)[C@H]42. The number of aromatic nitrogens is 1. The fraction of sp³-hybridized carbons (Fsp3) is 0.357. The Kier molecular flexibility index (Phi) is 5.30. The molecule has 3 aliphatic rings. The van der Waals surface area contributed by atoms with Gasteiger partial charge in [0.1, 0.15) is 0 Å². The molecule has 0 bridgehead atoms. The van der Waals surface area contributed by atoms with Crippen molar-refractivity contribution in [2.45, 2.75) is 38.6 Å². The van der Waals surface area contributed by atoms with Gasteiger partial charge in [0.05, 0.1) is 18.1 Å². The van der Waals surface area contributed by atoms with Crippen molar-refractivity contribution in [3.05, 3.63) is 77.5 Å². The summed E-state index contributed by atoms with van der Waals surface area (Å²) in [6, 6.07) is 18.4. The smallest absolute Gasteiger partial charge is 0.257 e. The number of benzene rings is 2. The van der Waals surface area contributed by atoms with Crippen LogP contribution in [0.4, 0.5) is 0 Å². The van der Waals surface area contributed by atoms with Gasteiger partial charge in [-0.1, -0.05) is 49.4 Å². The van der Waals surface area contributed by atoms with E-state index in [0.29, 0.717) is 23.3 Å². The van der Waals surface area contributed by atoms with Crippen molar-refractivity contribution < 1.29 is 4.79 Å². The predicted molar refractivity (Wildman–Crippen MR) is 141 cm³/mol. The molecule has 6 heteroatoms. The van der Waals surface area contributed by atoms with Gasteiger partial charge in [0.15, 0.2) is 5.11 Å². The summed E-state index contributed by atoms with van der Waals surface area (Å²) in [4.78, 5) is 15.3. The summed E-state index contributed by atoms with van der Waals surface area (Å²) in [6.07, 6.45) is 7.19. The van der Waals surface area contributed by atoms with E-state index in [1.807, 2.05) is 18.2 Å². The Hall–Kier alpha value is -2.96. The standard InChI is InChI=1S/C28H30N4OS/c1-2-28-14-8-15-31-16-13-22-21-11-6-7-12-23(21)32(24(22)25(28)31)20(17-28)18-29-27(34)30-26(33)19-9-4-3-5-10-19/h3-7,9-12,17,25H,2,8,13-16,18H2,1H3,(H2,29,30,33,34)/t25-,28+/m1/s1. The summed E-state index contributed by atoms with van der Waals surface area (Å²) in [5, 5.41) is 7.90. The fourth-order valence-corrected chi connectivity index (χ4v) is 6.66. The van der Waals surface area contributed by atoms with Gasteiger partial charge in [-0.05, 0) is 68.2 Å². The van der Waals surface area contributed by atoms with Crippen LogP contribution in [-0.4, -0.2) is 40.1 Å². The van der Waals surface area contributed by atoms with E-state index in [1.165, 1.54) is 47.2 Å². The van der Waals surface area contributed by atoms with E-state index in [1.54, 1.807) is 12.1 Å². The lowest BCUT2D eigenvalue weighted by molar-refractivity contribution is 0.0269. The molecule has 174 valence electrons. The number of carbonyl (C=O) groups is 1. The lowest BCUT2D eigenvalue weighted by Gasteiger charge is -2.53. The summed E-state index contributed by atoms with van der Waals surface area (Å²) < 4.78 is 2.48. The minimum absolute atomic E-state index is 0.143. The van der Waals surface area contributed by atoms with Crippen LogP contribution in [-0.2, 0) is 6.42 Å². The van der Waals surface area contributed by atoms with E-state index in [9.17, 15) is 4.79 Å². The maximum absolute atomic E-state index is 12.5. The second-order valence-corrected chi connectivity index (χ2v) is 10.1. The summed E-state index contributed by atoms with van der Waals surface area (Å²) in [6.45, 7) is 5.24. The largest absolute Gasteiger partial charge is 0.357 e. The average Bonchev–Trinajstić information content (AvgIpc) is 3.22. The first-order valence-electron chi connectivity index (χ1n) is 12.3. The molecule has 1 fully saturated rings. The minimum atomic E-state index is -0.187. The zero-order valence-electron chi connectivity index (χ0n) is 19.5. The molecule has 2 atom stereocenters. The summed E-state index contributed by atoms with van der Waals surface area (Å²) >= 11 is 5.51. The summed E-state index contributed by atoms with van der Waals surface area (Å²) in [5.74, 6) is -0.187. The Morgan fingerprint density at radius 2 is 1.91 bits per heavy atom. The summed E-state index contributed by atoms with van der Waals surface area (Å²) in [5.41, 5.74) is 6.25. The van der Waals surface area contributed by atoms with Gasteiger partial charge < -0.3 is 9.88 Å². The molecule has 2 N–H and O–H groups in total. The van der Waals surface area contributed by atoms with Gasteiger partial charge in [0.2, 0.25) is 0 Å². The van der Waals surface area contributed by atoms with E-state index >= 15 is 0 Å². The number of amides is 1. The van der Waals surface area contributed by atoms with Crippen molar-refractivity contribution in [3.63, 3.8) is 0 Å². The van der Waals surface area contributed by atoms with Crippen molar-refractivity contribution >= 4 is 39.8 Å². The van der Waals surface area contributed by atoms with Gasteiger partial charge in [-0.25, -0.2) is 0 Å². The fourth-order valence-electron chi connectivity index (χ4n) is 6.50. The molecule has 1 saturated heterocycles. The number of nitrogens with zero attached hydrogens (tertiary/aromatic N) is 2. The molecule has 0 spiro atoms. The first kappa shape index (κ1) is 21.6. The highest BCUT2D eigenvalue weighted by molar-refractivity contribution is 7.80. The van der Waals surface area contributed by atoms with E-state index in [4.69, 9.17) is 12.2 Å². The third kappa shape index (κ3) is 3.31. The Morgan fingerprint density at radius 3 is 2.74 bits per heavy atom. The maximum Gasteiger partial charge on any atom is 0.257 e. The Morgan fingerprint density at radius 1 is 1.12 bits per heavy atom. The second-order valence-electron chi connectivity index (χ2n) is 9.73. The molecule has 0 aliphatic carbocycles. The van der Waals surface area contributed by atoms with E-state index in [2.05, 4.69) is 57.4 Å². The van der Waals surface area contributed by atoms with E-state index < -0.39 is 0 Å². The van der Waals surface area contributed by atoms with Crippen LogP contribution in [0, 0.1) is 5.41 Å². The molecule has 3 aliphatic heterocycles. The van der Waals surface area contributed by atoms with Crippen molar-refractivity contribution in [1.82, 2.24) is 20.1 Å². The van der Waals surface area contributed by atoms with Crippen LogP contribution in [0.3, 0.4) is 0 Å². The van der Waals surface area contributed by atoms with E-state index in [-0.39, 0.29) is 11.3 Å². The van der Waals surface area contributed by atoms with E-state index in [0.717, 1.165) is 19.4 Å². The predicted octanol–water partition coefficient (Wildman–Crippen LogP) is 4.89. The van der Waals surface area contributed by atoms with Crippen molar-refractivity contribution in [1.29, 1.82) is 0 Å². The topological polar surface area (TPSA) is 49.3 Å². The molecular weight excluding hydrogens is 440 g/mol. The van der Waals surface area contributed by atoms with Crippen LogP contribution in [0.25, 0.3) is 16.6 Å². The number of hydrogen-bond acceptors (Lipinski definition) is 3. The van der Waals surface area contributed by atoms with Gasteiger partial charge in [-0.3, -0.25) is 15.0 Å². The van der Waals surface area contributed by atoms with Gasteiger partial charge in [0.25, 0.3) is 5.91 Å². The number of rotatable bonds is 4. The van der Waals surface area contributed by atoms with Crippen LogP contribution in [0.15, 0.2) is 60.7 Å². The van der Waals surface area contributed by atoms with Gasteiger partial charge in [-0.2, -0.15) is 0 Å². The number of piperidine rings is 1. The molecule has 1 amide bonds. The van der Waals surface area contributed by atoms with Crippen molar-refractivity contribution in [2.24, 2.45) is 5.41 Å². The lowest BCUT2D eigenvalue weighted by Crippen LogP contribution is -2.51. The van der Waals surface area contributed by atoms with Crippen molar-refractivity contribution in [2.75, 3.05) is 19.6 Å². The minimum Gasteiger partial charge on any atom is -0.357 e. The number of fused-ring (bicyclic) bond motifs is 3. The monoisotopic (exact) mass is 470 g/mol. The molecule has 0 radical (unpaired) electrons. The molecule has 2 aromatic carbocycles. The molecule has 3 aromatic rings. The van der Waals surface area contributed by atoms with Gasteiger partial charge in [-0.15, -0.1) is 0 Å². The molecule has 0 unspecified atom stereocenters. The molecule has 6 rings (SSSR count). The van der Waals surface area contributed by atoms with Gasteiger partial charge in [0, 0.05) is 34.3 Å². The van der Waals surface area contributed by atoms with Gasteiger partial charge >= 0.3 is 0 Å². The summed E-state index contributed by atoms with van der Waals surface area (Å²) in [7, 11) is 0. The Labute approximate surface area is 205 Å². The molecule has 1 aromatic heterocycles. The number of thiocarbonyl (C=S) groups is 1. The zero-order valence-corrected chi connectivity index (χ0v) is 20.3. The third-order valence-electron chi connectivity index (χ3n) is 8.02. The molecule has 4 heterocycles. The Balaban J connectivity index is 1.35. The van der Waals surface area contributed by atoms with Crippen molar-refractivity contribution in [3.8, 4) is 0 Å². The number of nitrogens with one attached hydrogen (secondary N) is 2. The highest BCUT2D eigenvalue weighted by atomic mass is 32.1. The number of hydrogen-bond donors (Lipinski definition) is 2. The molecule has 34 heavy (non-hydrogen) atoms. The first-order chi connectivity index (χ1) is 16.6. The molecular formula is C28H30N4OS. The van der Waals surface area contributed by atoms with Crippen LogP contribution >= 0.6 is 12.2 Å².